The van der Waals surface area contributed by atoms with Gasteiger partial charge in [0.1, 0.15) is 11.5 Å². The lowest BCUT2D eigenvalue weighted by Crippen LogP contribution is -2.32. The second-order valence-electron chi connectivity index (χ2n) is 19.8. The molecule has 0 saturated heterocycles. The van der Waals surface area contributed by atoms with E-state index in [-0.39, 0.29) is 5.41 Å². The van der Waals surface area contributed by atoms with Crippen molar-refractivity contribution in [2.24, 2.45) is 0 Å². The van der Waals surface area contributed by atoms with Gasteiger partial charge in [0.15, 0.2) is 17.5 Å². The lowest BCUT2D eigenvalue weighted by atomic mass is 9.66. The number of rotatable bonds is 5. The fourth-order valence-corrected chi connectivity index (χ4v) is 12.6. The van der Waals surface area contributed by atoms with Crippen LogP contribution < -0.4 is 4.74 Å². The number of hydrogen-bond acceptors (Lipinski definition) is 4. The second kappa shape index (κ2) is 15.2. The van der Waals surface area contributed by atoms with Crippen LogP contribution in [-0.4, -0.2) is 19.5 Å². The minimum atomic E-state index is -0.718. The molecule has 15 rings (SSSR count). The van der Waals surface area contributed by atoms with Crippen LogP contribution in [0.1, 0.15) is 47.2 Å². The fraction of sp³-hybridized carbons (Fsp3) is 0.0597. The van der Waals surface area contributed by atoms with Gasteiger partial charge < -0.3 is 9.30 Å². The van der Waals surface area contributed by atoms with Gasteiger partial charge in [0.2, 0.25) is 0 Å². The van der Waals surface area contributed by atoms with Gasteiger partial charge in [0, 0.05) is 49.7 Å². The lowest BCUT2D eigenvalue weighted by Gasteiger charge is -2.39. The Hall–Kier alpha value is -9.19. The van der Waals surface area contributed by atoms with E-state index in [4.69, 9.17) is 19.7 Å². The van der Waals surface area contributed by atoms with E-state index in [0.717, 1.165) is 56.0 Å². The van der Waals surface area contributed by atoms with E-state index in [2.05, 4.69) is 213 Å². The third-order valence-corrected chi connectivity index (χ3v) is 15.7. The van der Waals surface area contributed by atoms with Crippen LogP contribution in [0.5, 0.6) is 11.5 Å². The van der Waals surface area contributed by atoms with Crippen molar-refractivity contribution in [3.8, 4) is 84.7 Å². The zero-order chi connectivity index (χ0) is 47.7. The summed E-state index contributed by atoms with van der Waals surface area (Å²) in [5.74, 6) is 3.58. The van der Waals surface area contributed by atoms with Gasteiger partial charge in [-0.15, -0.1) is 0 Å². The number of hydrogen-bond donors (Lipinski definition) is 0. The first kappa shape index (κ1) is 40.7. The molecule has 338 valence electrons. The Bertz CT molecular complexity index is 4110. The Morgan fingerprint density at radius 2 is 0.917 bits per heavy atom. The van der Waals surface area contributed by atoms with Crippen molar-refractivity contribution in [3.63, 3.8) is 0 Å². The molecule has 3 heterocycles. The second-order valence-corrected chi connectivity index (χ2v) is 19.8. The van der Waals surface area contributed by atoms with E-state index in [1.807, 2.05) is 36.4 Å². The first-order valence-electron chi connectivity index (χ1n) is 24.8. The fourth-order valence-electron chi connectivity index (χ4n) is 12.6. The summed E-state index contributed by atoms with van der Waals surface area (Å²) in [6.45, 7) is 4.82. The summed E-state index contributed by atoms with van der Waals surface area (Å²) in [7, 11) is 0. The van der Waals surface area contributed by atoms with Gasteiger partial charge in [0.05, 0.1) is 16.4 Å². The predicted molar refractivity (Wildman–Crippen MR) is 291 cm³/mol. The quantitative estimate of drug-likeness (QED) is 0.173. The molecule has 12 aromatic rings. The van der Waals surface area contributed by atoms with Crippen LogP contribution in [-0.2, 0) is 10.8 Å². The molecular formula is C67H44N4O. The van der Waals surface area contributed by atoms with E-state index in [1.54, 1.807) is 0 Å². The molecule has 0 radical (unpaired) electrons. The van der Waals surface area contributed by atoms with Crippen molar-refractivity contribution in [2.45, 2.75) is 24.7 Å². The Morgan fingerprint density at radius 3 is 1.60 bits per heavy atom. The maximum absolute atomic E-state index is 6.81. The molecule has 0 saturated carbocycles. The molecule has 0 atom stereocenters. The average molecular weight is 921 g/mol. The first-order chi connectivity index (χ1) is 35.5. The largest absolute Gasteiger partial charge is 0.457 e. The molecule has 0 amide bonds. The standard InChI is InChI=1S/C67H44N4O/c1-66(2)54-39-43(33-35-46(54)47-37-38-57-61(62(47)66)49-25-12-15-30-56(49)71(57)45-23-10-5-11-24-45)44-34-36-48-55(40-44)67(51-27-13-16-31-58(51)72-59-32-17-14-28-52(59)67)53-29-18-26-50(60(48)53)65-69-63(41-19-6-3-7-20-41)68-64(70-65)42-21-8-4-9-22-42/h3-40H,1-2H3. The topological polar surface area (TPSA) is 52.8 Å². The summed E-state index contributed by atoms with van der Waals surface area (Å²) in [5.41, 5.74) is 19.9. The van der Waals surface area contributed by atoms with E-state index < -0.39 is 5.41 Å². The van der Waals surface area contributed by atoms with Crippen molar-refractivity contribution < 1.29 is 4.74 Å². The van der Waals surface area contributed by atoms with Gasteiger partial charge in [-0.05, 0) is 104 Å². The highest BCUT2D eigenvalue weighted by Gasteiger charge is 2.52. The molecule has 1 aliphatic heterocycles. The Kier molecular flexibility index (Phi) is 8.56. The first-order valence-corrected chi connectivity index (χ1v) is 24.8. The predicted octanol–water partition coefficient (Wildman–Crippen LogP) is 16.4. The van der Waals surface area contributed by atoms with Gasteiger partial charge in [-0.25, -0.2) is 15.0 Å². The monoisotopic (exact) mass is 920 g/mol. The molecule has 10 aromatic carbocycles. The number of fused-ring (bicyclic) bond motifs is 16. The van der Waals surface area contributed by atoms with Crippen LogP contribution in [0.4, 0.5) is 0 Å². The minimum Gasteiger partial charge on any atom is -0.457 e. The Morgan fingerprint density at radius 1 is 0.375 bits per heavy atom. The Labute approximate surface area is 417 Å². The number of aromatic nitrogens is 4. The summed E-state index contributed by atoms with van der Waals surface area (Å²) < 4.78 is 9.23. The van der Waals surface area contributed by atoms with Crippen molar-refractivity contribution >= 4 is 21.8 Å². The molecule has 5 heteroatoms. The van der Waals surface area contributed by atoms with Crippen molar-refractivity contribution in [3.05, 3.63) is 264 Å². The SMILES string of the molecule is CC1(C)c2cc(-c3ccc4c(c3)C3(c5ccccc5Oc5ccccc53)c3cccc(-c5nc(-c6ccccc6)nc(-c6ccccc6)n5)c3-4)ccc2-c2ccc3c(c21)c1ccccc1n3-c1ccccc1. The zero-order valence-corrected chi connectivity index (χ0v) is 39.6. The van der Waals surface area contributed by atoms with Crippen molar-refractivity contribution in [1.82, 2.24) is 19.5 Å². The number of para-hydroxylation sites is 4. The smallest absolute Gasteiger partial charge is 0.164 e. The third kappa shape index (κ3) is 5.62. The van der Waals surface area contributed by atoms with Gasteiger partial charge in [-0.1, -0.05) is 196 Å². The van der Waals surface area contributed by atoms with Crippen LogP contribution in [0, 0.1) is 0 Å². The van der Waals surface area contributed by atoms with Crippen LogP contribution in [0.2, 0.25) is 0 Å². The maximum Gasteiger partial charge on any atom is 0.164 e. The highest BCUT2D eigenvalue weighted by atomic mass is 16.5. The normalized spacial score (nSPS) is 14.0. The molecule has 2 aliphatic carbocycles. The average Bonchev–Trinajstić information content (AvgIpc) is 4.02. The number of ether oxygens (including phenoxy) is 1. The number of benzene rings is 10. The van der Waals surface area contributed by atoms with Gasteiger partial charge in [-0.3, -0.25) is 0 Å². The summed E-state index contributed by atoms with van der Waals surface area (Å²) in [6, 6.07) is 82.8. The highest BCUT2D eigenvalue weighted by molar-refractivity contribution is 6.14. The van der Waals surface area contributed by atoms with E-state index in [0.29, 0.717) is 17.5 Å². The van der Waals surface area contributed by atoms with E-state index >= 15 is 0 Å². The molecule has 0 fully saturated rings. The van der Waals surface area contributed by atoms with E-state index in [9.17, 15) is 0 Å². The summed E-state index contributed by atoms with van der Waals surface area (Å²) in [4.78, 5) is 15.7. The van der Waals surface area contributed by atoms with Crippen LogP contribution in [0.3, 0.4) is 0 Å². The number of nitrogens with zero attached hydrogens (tertiary/aromatic N) is 4. The summed E-state index contributed by atoms with van der Waals surface area (Å²) in [6.07, 6.45) is 0. The molecular weight excluding hydrogens is 877 g/mol. The minimum absolute atomic E-state index is 0.282. The molecule has 1 spiro atoms. The molecule has 5 nitrogen and oxygen atoms in total. The van der Waals surface area contributed by atoms with E-state index in [1.165, 1.54) is 66.4 Å². The molecule has 0 N–H and O–H groups in total. The van der Waals surface area contributed by atoms with Crippen LogP contribution in [0.15, 0.2) is 231 Å². The molecule has 2 aromatic heterocycles. The molecule has 0 bridgehead atoms. The molecule has 72 heavy (non-hydrogen) atoms. The highest BCUT2D eigenvalue weighted by Crippen LogP contribution is 2.64. The summed E-state index contributed by atoms with van der Waals surface area (Å²) in [5, 5.41) is 2.60. The third-order valence-electron chi connectivity index (χ3n) is 15.7. The van der Waals surface area contributed by atoms with Crippen LogP contribution in [0.25, 0.3) is 95.0 Å². The summed E-state index contributed by atoms with van der Waals surface area (Å²) >= 11 is 0. The molecule has 0 unspecified atom stereocenters. The van der Waals surface area contributed by atoms with Gasteiger partial charge >= 0.3 is 0 Å². The van der Waals surface area contributed by atoms with Crippen molar-refractivity contribution in [1.29, 1.82) is 0 Å². The molecule has 3 aliphatic rings. The Balaban J connectivity index is 0.949. The lowest BCUT2D eigenvalue weighted by molar-refractivity contribution is 0.436. The van der Waals surface area contributed by atoms with Gasteiger partial charge in [-0.2, -0.15) is 0 Å². The zero-order valence-electron chi connectivity index (χ0n) is 39.6. The van der Waals surface area contributed by atoms with Crippen molar-refractivity contribution in [2.75, 3.05) is 0 Å². The maximum atomic E-state index is 6.81. The van der Waals surface area contributed by atoms with Gasteiger partial charge in [0.25, 0.3) is 0 Å². The van der Waals surface area contributed by atoms with Crippen LogP contribution >= 0.6 is 0 Å².